The smallest absolute Gasteiger partial charge is 0.261 e. The van der Waals surface area contributed by atoms with E-state index in [0.717, 1.165) is 5.92 Å². The number of rotatable bonds is 7. The van der Waals surface area contributed by atoms with Gasteiger partial charge in [0, 0.05) is 6.54 Å². The average molecular weight is 293 g/mol. The van der Waals surface area contributed by atoms with Gasteiger partial charge in [0.25, 0.3) is 10.1 Å². The van der Waals surface area contributed by atoms with Gasteiger partial charge in [-0.15, -0.1) is 0 Å². The Balaban J connectivity index is 0.000000555. The van der Waals surface area contributed by atoms with E-state index in [9.17, 15) is 8.42 Å². The van der Waals surface area contributed by atoms with E-state index in [1.54, 1.807) is 0 Å². The van der Waals surface area contributed by atoms with Crippen molar-refractivity contribution in [2.24, 2.45) is 5.92 Å². The van der Waals surface area contributed by atoms with Gasteiger partial charge in [-0.2, -0.15) is 8.42 Å². The van der Waals surface area contributed by atoms with Crippen molar-refractivity contribution in [1.82, 2.24) is 4.90 Å². The largest absolute Gasteiger partial charge is 0.303 e. The molecular weight excluding hydrogens is 262 g/mol. The van der Waals surface area contributed by atoms with Crippen molar-refractivity contribution in [2.45, 2.75) is 58.8 Å². The monoisotopic (exact) mass is 293 g/mol. The van der Waals surface area contributed by atoms with Crippen LogP contribution in [0.2, 0.25) is 0 Å². The highest BCUT2D eigenvalue weighted by atomic mass is 32.2. The third kappa shape index (κ3) is 15.8. The summed E-state index contributed by atoms with van der Waals surface area (Å²) in [6.07, 6.45) is 10.7. The fourth-order valence-corrected chi connectivity index (χ4v) is 2.35. The van der Waals surface area contributed by atoms with Gasteiger partial charge in [-0.05, 0) is 31.8 Å². The molecule has 0 saturated carbocycles. The van der Waals surface area contributed by atoms with E-state index >= 15 is 0 Å². The first-order valence-electron chi connectivity index (χ1n) is 7.47. The Morgan fingerprint density at radius 2 is 1.68 bits per heavy atom. The molecule has 1 rings (SSSR count). The molecule has 0 aromatic heterocycles. The molecule has 1 heterocycles. The molecule has 116 valence electrons. The maximum Gasteiger partial charge on any atom is 0.261 e. The average Bonchev–Trinajstić information content (AvgIpc) is 2.67. The van der Waals surface area contributed by atoms with Crippen LogP contribution >= 0.6 is 0 Å². The van der Waals surface area contributed by atoms with E-state index in [0.29, 0.717) is 6.26 Å². The Bertz CT molecular complexity index is 296. The van der Waals surface area contributed by atoms with Gasteiger partial charge in [-0.25, -0.2) is 0 Å². The van der Waals surface area contributed by atoms with Crippen LogP contribution in [-0.4, -0.2) is 43.8 Å². The molecule has 1 saturated heterocycles. The van der Waals surface area contributed by atoms with Crippen LogP contribution < -0.4 is 0 Å². The third-order valence-corrected chi connectivity index (χ3v) is 3.34. The van der Waals surface area contributed by atoms with E-state index in [-0.39, 0.29) is 0 Å². The summed E-state index contributed by atoms with van der Waals surface area (Å²) in [5.41, 5.74) is 0. The standard InChI is InChI=1S/C13H27N.CH4O3S/c1-3-4-5-6-7-8-10-14-11-9-13(2)12-14;1-5(2,3)4/h13H,3-12H2,1-2H3;1H3,(H,2,3,4). The lowest BCUT2D eigenvalue weighted by atomic mass is 10.1. The van der Waals surface area contributed by atoms with Crippen molar-refractivity contribution in [3.63, 3.8) is 0 Å². The van der Waals surface area contributed by atoms with Crippen molar-refractivity contribution in [3.8, 4) is 0 Å². The van der Waals surface area contributed by atoms with Gasteiger partial charge in [0.1, 0.15) is 0 Å². The Morgan fingerprint density at radius 1 is 1.16 bits per heavy atom. The molecule has 19 heavy (non-hydrogen) atoms. The second kappa shape index (κ2) is 10.6. The van der Waals surface area contributed by atoms with Gasteiger partial charge in [0.05, 0.1) is 6.26 Å². The lowest BCUT2D eigenvalue weighted by Crippen LogP contribution is -2.21. The SMILES string of the molecule is CCCCCCCCN1CCC(C)C1.CS(=O)(=O)O. The first-order valence-corrected chi connectivity index (χ1v) is 9.32. The van der Waals surface area contributed by atoms with Crippen LogP contribution in [-0.2, 0) is 10.1 Å². The lowest BCUT2D eigenvalue weighted by molar-refractivity contribution is 0.317. The molecule has 1 aliphatic rings. The van der Waals surface area contributed by atoms with Crippen LogP contribution in [0.4, 0.5) is 0 Å². The number of hydrogen-bond acceptors (Lipinski definition) is 3. The lowest BCUT2D eigenvalue weighted by Gasteiger charge is -2.14. The highest BCUT2D eigenvalue weighted by Crippen LogP contribution is 2.15. The molecule has 1 atom stereocenters. The first kappa shape index (κ1) is 18.9. The number of nitrogens with zero attached hydrogens (tertiary/aromatic N) is 1. The van der Waals surface area contributed by atoms with Gasteiger partial charge < -0.3 is 4.90 Å². The third-order valence-electron chi connectivity index (χ3n) is 3.34. The van der Waals surface area contributed by atoms with Gasteiger partial charge in [0.15, 0.2) is 0 Å². The summed E-state index contributed by atoms with van der Waals surface area (Å²) >= 11 is 0. The zero-order valence-corrected chi connectivity index (χ0v) is 13.6. The second-order valence-corrected chi connectivity index (χ2v) is 7.16. The minimum Gasteiger partial charge on any atom is -0.303 e. The normalized spacial score (nSPS) is 20.1. The van der Waals surface area contributed by atoms with Crippen LogP contribution in [0.1, 0.15) is 58.8 Å². The second-order valence-electron chi connectivity index (χ2n) is 5.70. The van der Waals surface area contributed by atoms with E-state index < -0.39 is 10.1 Å². The molecule has 0 aliphatic carbocycles. The molecule has 0 radical (unpaired) electrons. The molecule has 0 bridgehead atoms. The van der Waals surface area contributed by atoms with E-state index in [2.05, 4.69) is 18.7 Å². The van der Waals surface area contributed by atoms with Crippen LogP contribution in [0.3, 0.4) is 0 Å². The van der Waals surface area contributed by atoms with Crippen LogP contribution in [0.15, 0.2) is 0 Å². The minimum absolute atomic E-state index is 0.715. The van der Waals surface area contributed by atoms with Crippen molar-refractivity contribution in [2.75, 3.05) is 25.9 Å². The highest BCUT2D eigenvalue weighted by molar-refractivity contribution is 7.85. The molecule has 1 aliphatic heterocycles. The minimum atomic E-state index is -3.67. The number of hydrogen-bond donors (Lipinski definition) is 1. The fourth-order valence-electron chi connectivity index (χ4n) is 2.35. The number of unbranched alkanes of at least 4 members (excludes halogenated alkanes) is 5. The summed E-state index contributed by atoms with van der Waals surface area (Å²) in [4.78, 5) is 2.64. The molecule has 0 aromatic rings. The first-order chi connectivity index (χ1) is 8.83. The Hall–Kier alpha value is -0.130. The van der Waals surface area contributed by atoms with Gasteiger partial charge in [0.2, 0.25) is 0 Å². The Labute approximate surface area is 119 Å². The molecule has 1 fully saturated rings. The summed E-state index contributed by atoms with van der Waals surface area (Å²) in [7, 11) is -3.67. The van der Waals surface area contributed by atoms with E-state index in [1.165, 1.54) is 64.6 Å². The molecular formula is C14H31NO3S. The van der Waals surface area contributed by atoms with E-state index in [1.807, 2.05) is 0 Å². The maximum atomic E-state index is 9.19. The molecule has 0 amide bonds. The predicted octanol–water partition coefficient (Wildman–Crippen LogP) is 3.19. The number of likely N-dealkylation sites (tertiary alicyclic amines) is 1. The van der Waals surface area contributed by atoms with Crippen molar-refractivity contribution >= 4 is 10.1 Å². The summed E-state index contributed by atoms with van der Waals surface area (Å²) in [6.45, 7) is 8.73. The summed E-state index contributed by atoms with van der Waals surface area (Å²) < 4.78 is 25.9. The molecule has 1 N–H and O–H groups in total. The summed E-state index contributed by atoms with van der Waals surface area (Å²) in [5.74, 6) is 0.954. The van der Waals surface area contributed by atoms with Gasteiger partial charge in [-0.1, -0.05) is 46.0 Å². The maximum absolute atomic E-state index is 9.19. The Kier molecular flexibility index (Phi) is 10.6. The topological polar surface area (TPSA) is 57.6 Å². The molecule has 0 aromatic carbocycles. The van der Waals surface area contributed by atoms with Crippen LogP contribution in [0.25, 0.3) is 0 Å². The summed E-state index contributed by atoms with van der Waals surface area (Å²) in [6, 6.07) is 0. The van der Waals surface area contributed by atoms with Crippen molar-refractivity contribution in [1.29, 1.82) is 0 Å². The van der Waals surface area contributed by atoms with Crippen molar-refractivity contribution < 1.29 is 13.0 Å². The van der Waals surface area contributed by atoms with E-state index in [4.69, 9.17) is 4.55 Å². The fraction of sp³-hybridized carbons (Fsp3) is 1.00. The summed E-state index contributed by atoms with van der Waals surface area (Å²) in [5, 5.41) is 0. The molecule has 4 nitrogen and oxygen atoms in total. The zero-order valence-electron chi connectivity index (χ0n) is 12.8. The quantitative estimate of drug-likeness (QED) is 0.578. The Morgan fingerprint density at radius 3 is 2.16 bits per heavy atom. The predicted molar refractivity (Wildman–Crippen MR) is 81.1 cm³/mol. The highest BCUT2D eigenvalue weighted by Gasteiger charge is 2.17. The van der Waals surface area contributed by atoms with Gasteiger partial charge >= 0.3 is 0 Å². The molecule has 1 unspecified atom stereocenters. The van der Waals surface area contributed by atoms with Crippen LogP contribution in [0, 0.1) is 5.92 Å². The van der Waals surface area contributed by atoms with Gasteiger partial charge in [-0.3, -0.25) is 4.55 Å². The molecule has 0 spiro atoms. The van der Waals surface area contributed by atoms with Crippen LogP contribution in [0.5, 0.6) is 0 Å². The zero-order chi connectivity index (χ0) is 14.7. The van der Waals surface area contributed by atoms with Crippen molar-refractivity contribution in [3.05, 3.63) is 0 Å². The molecule has 5 heteroatoms.